The molecule has 5 nitrogen and oxygen atoms in total. The number of carbonyl (C=O) groups excluding carboxylic acids is 2. The van der Waals surface area contributed by atoms with Crippen molar-refractivity contribution in [1.82, 2.24) is 10.6 Å². The van der Waals surface area contributed by atoms with Crippen molar-refractivity contribution in [3.63, 3.8) is 0 Å². The van der Waals surface area contributed by atoms with E-state index >= 15 is 0 Å². The molecule has 2 aromatic rings. The lowest BCUT2D eigenvalue weighted by Gasteiger charge is -2.26. The number of nitrogens with one attached hydrogen (secondary N) is 3. The highest BCUT2D eigenvalue weighted by Gasteiger charge is 2.26. The van der Waals surface area contributed by atoms with Gasteiger partial charge in [-0.1, -0.05) is 52.0 Å². The molecule has 0 spiro atoms. The molecule has 0 saturated heterocycles. The molecule has 0 bridgehead atoms. The van der Waals surface area contributed by atoms with E-state index in [1.165, 1.54) is 11.3 Å². The van der Waals surface area contributed by atoms with E-state index in [-0.39, 0.29) is 23.8 Å². The summed E-state index contributed by atoms with van der Waals surface area (Å²) in [4.78, 5) is 25.6. The van der Waals surface area contributed by atoms with Crippen molar-refractivity contribution in [2.45, 2.75) is 39.8 Å². The Hall–Kier alpha value is -2.34. The third kappa shape index (κ3) is 6.40. The number of amides is 2. The minimum Gasteiger partial charge on any atom is -0.380 e. The van der Waals surface area contributed by atoms with Crippen LogP contribution < -0.4 is 16.0 Å². The average molecular weight is 388 g/mol. The highest BCUT2D eigenvalue weighted by atomic mass is 32.1. The number of rotatable bonds is 9. The summed E-state index contributed by atoms with van der Waals surface area (Å²) in [6.07, 6.45) is 0. The molecule has 0 fully saturated rings. The van der Waals surface area contributed by atoms with Gasteiger partial charge in [-0.2, -0.15) is 0 Å². The number of thiophene rings is 1. The van der Waals surface area contributed by atoms with Gasteiger partial charge in [0.05, 0.1) is 4.88 Å². The summed E-state index contributed by atoms with van der Waals surface area (Å²) in [5.74, 6) is -0.0331. The van der Waals surface area contributed by atoms with Crippen molar-refractivity contribution < 1.29 is 9.59 Å². The van der Waals surface area contributed by atoms with Crippen molar-refractivity contribution in [1.29, 1.82) is 0 Å². The molecule has 0 radical (unpaired) electrons. The molecule has 1 heterocycles. The Morgan fingerprint density at radius 3 is 2.22 bits per heavy atom. The fraction of sp³-hybridized carbons (Fsp3) is 0.429. The first-order chi connectivity index (χ1) is 12.9. The second kappa shape index (κ2) is 10.1. The molecule has 0 aliphatic heterocycles. The molecule has 2 rings (SSSR count). The number of benzene rings is 1. The van der Waals surface area contributed by atoms with Crippen LogP contribution >= 0.6 is 11.3 Å². The Kier molecular flexibility index (Phi) is 7.85. The van der Waals surface area contributed by atoms with Crippen LogP contribution in [-0.2, 0) is 4.79 Å². The lowest BCUT2D eigenvalue weighted by Crippen LogP contribution is -2.52. The number of hydrogen-bond donors (Lipinski definition) is 3. The number of hydrogen-bond acceptors (Lipinski definition) is 4. The van der Waals surface area contributed by atoms with Crippen LogP contribution in [-0.4, -0.2) is 30.4 Å². The van der Waals surface area contributed by atoms with Gasteiger partial charge in [-0.15, -0.1) is 11.3 Å². The van der Waals surface area contributed by atoms with E-state index in [9.17, 15) is 9.59 Å². The zero-order chi connectivity index (χ0) is 19.8. The van der Waals surface area contributed by atoms with Gasteiger partial charge in [0.2, 0.25) is 5.91 Å². The minimum absolute atomic E-state index is 0.00602. The van der Waals surface area contributed by atoms with Crippen LogP contribution in [0.5, 0.6) is 0 Å². The van der Waals surface area contributed by atoms with Gasteiger partial charge < -0.3 is 16.0 Å². The van der Waals surface area contributed by atoms with Crippen LogP contribution in [0.3, 0.4) is 0 Å². The van der Waals surface area contributed by atoms with Gasteiger partial charge in [0.15, 0.2) is 0 Å². The van der Waals surface area contributed by atoms with Crippen LogP contribution in [0.15, 0.2) is 47.8 Å². The van der Waals surface area contributed by atoms with Crippen molar-refractivity contribution in [2.75, 3.05) is 11.9 Å². The van der Waals surface area contributed by atoms with Crippen molar-refractivity contribution in [3.8, 4) is 0 Å². The summed E-state index contributed by atoms with van der Waals surface area (Å²) in [5, 5.41) is 11.2. The van der Waals surface area contributed by atoms with Crippen molar-refractivity contribution in [2.24, 2.45) is 11.8 Å². The maximum absolute atomic E-state index is 12.7. The SMILES string of the molecule is CC(C)C(CNC(=O)C(NC(=O)c1cccs1)C(C)C)Nc1ccccc1. The Labute approximate surface area is 165 Å². The molecule has 27 heavy (non-hydrogen) atoms. The lowest BCUT2D eigenvalue weighted by molar-refractivity contribution is -0.124. The quantitative estimate of drug-likeness (QED) is 0.614. The fourth-order valence-electron chi connectivity index (χ4n) is 2.68. The third-order valence-corrected chi connectivity index (χ3v) is 5.28. The molecule has 0 aliphatic carbocycles. The van der Waals surface area contributed by atoms with E-state index in [2.05, 4.69) is 29.8 Å². The van der Waals surface area contributed by atoms with E-state index in [1.54, 1.807) is 6.07 Å². The molecular weight excluding hydrogens is 358 g/mol. The predicted octanol–water partition coefficient (Wildman–Crippen LogP) is 3.76. The Morgan fingerprint density at radius 1 is 0.963 bits per heavy atom. The Balaban J connectivity index is 1.95. The molecule has 0 saturated carbocycles. The minimum atomic E-state index is -0.566. The van der Waals surface area contributed by atoms with Gasteiger partial charge in [-0.3, -0.25) is 9.59 Å². The zero-order valence-electron chi connectivity index (χ0n) is 16.4. The molecule has 1 aromatic heterocycles. The molecule has 3 N–H and O–H groups in total. The summed E-state index contributed by atoms with van der Waals surface area (Å²) >= 11 is 1.37. The molecule has 146 valence electrons. The summed E-state index contributed by atoms with van der Waals surface area (Å²) in [7, 11) is 0. The molecule has 6 heteroatoms. The average Bonchev–Trinajstić information content (AvgIpc) is 3.18. The van der Waals surface area contributed by atoms with Gasteiger partial charge in [0.25, 0.3) is 5.91 Å². The first-order valence-corrected chi connectivity index (χ1v) is 10.2. The summed E-state index contributed by atoms with van der Waals surface area (Å²) in [6.45, 7) is 8.59. The van der Waals surface area contributed by atoms with E-state index in [0.29, 0.717) is 17.3 Å². The number of anilines is 1. The lowest BCUT2D eigenvalue weighted by atomic mass is 10.0. The van der Waals surface area contributed by atoms with E-state index in [1.807, 2.05) is 55.6 Å². The van der Waals surface area contributed by atoms with Gasteiger partial charge in [-0.25, -0.2) is 0 Å². The normalized spacial score (nSPS) is 13.3. The first kappa shape index (κ1) is 21.0. The van der Waals surface area contributed by atoms with E-state index < -0.39 is 6.04 Å². The van der Waals surface area contributed by atoms with Gasteiger partial charge in [-0.05, 0) is 35.4 Å². The van der Waals surface area contributed by atoms with Crippen LogP contribution in [0, 0.1) is 11.8 Å². The van der Waals surface area contributed by atoms with Crippen molar-refractivity contribution in [3.05, 3.63) is 52.7 Å². The van der Waals surface area contributed by atoms with Crippen LogP contribution in [0.1, 0.15) is 37.4 Å². The Morgan fingerprint density at radius 2 is 1.67 bits per heavy atom. The molecule has 0 aliphatic rings. The van der Waals surface area contributed by atoms with E-state index in [0.717, 1.165) is 5.69 Å². The zero-order valence-corrected chi connectivity index (χ0v) is 17.2. The highest BCUT2D eigenvalue weighted by Crippen LogP contribution is 2.13. The third-order valence-electron chi connectivity index (χ3n) is 4.41. The molecule has 2 amide bonds. The van der Waals surface area contributed by atoms with Crippen molar-refractivity contribution >= 4 is 28.8 Å². The molecule has 1 aromatic carbocycles. The van der Waals surface area contributed by atoms with Crippen LogP contribution in [0.4, 0.5) is 5.69 Å². The standard InChI is InChI=1S/C21H29N3O2S/c1-14(2)17(23-16-9-6-5-7-10-16)13-22-21(26)19(15(3)4)24-20(25)18-11-8-12-27-18/h5-12,14-15,17,19,23H,13H2,1-4H3,(H,22,26)(H,24,25). The van der Waals surface area contributed by atoms with Gasteiger partial charge in [0.1, 0.15) is 6.04 Å². The number of carbonyl (C=O) groups is 2. The van der Waals surface area contributed by atoms with Gasteiger partial charge >= 0.3 is 0 Å². The summed E-state index contributed by atoms with van der Waals surface area (Å²) < 4.78 is 0. The van der Waals surface area contributed by atoms with Crippen LogP contribution in [0.25, 0.3) is 0 Å². The maximum Gasteiger partial charge on any atom is 0.262 e. The molecule has 2 atom stereocenters. The fourth-order valence-corrected chi connectivity index (χ4v) is 3.30. The summed E-state index contributed by atoms with van der Waals surface area (Å²) in [5.41, 5.74) is 1.02. The van der Waals surface area contributed by atoms with Gasteiger partial charge in [0, 0.05) is 18.3 Å². The maximum atomic E-state index is 12.7. The first-order valence-electron chi connectivity index (χ1n) is 9.32. The molecule has 2 unspecified atom stereocenters. The topological polar surface area (TPSA) is 70.2 Å². The highest BCUT2D eigenvalue weighted by molar-refractivity contribution is 7.12. The second-order valence-corrected chi connectivity index (χ2v) is 8.23. The monoisotopic (exact) mass is 387 g/mol. The van der Waals surface area contributed by atoms with E-state index in [4.69, 9.17) is 0 Å². The second-order valence-electron chi connectivity index (χ2n) is 7.28. The molecular formula is C21H29N3O2S. The van der Waals surface area contributed by atoms with Crippen LogP contribution in [0.2, 0.25) is 0 Å². The Bertz CT molecular complexity index is 714. The number of para-hydroxylation sites is 1. The smallest absolute Gasteiger partial charge is 0.262 e. The largest absolute Gasteiger partial charge is 0.380 e. The predicted molar refractivity (Wildman–Crippen MR) is 112 cm³/mol. The summed E-state index contributed by atoms with van der Waals surface area (Å²) in [6, 6.07) is 13.1.